The largest absolute Gasteiger partial charge is 0.351 e. The van der Waals surface area contributed by atoms with Gasteiger partial charge in [0.15, 0.2) is 0 Å². The summed E-state index contributed by atoms with van der Waals surface area (Å²) < 4.78 is 32.6. The standard InChI is InChI=1S/C26H23ClF2N4S.CH5N/c27-20-8-4-5-9-25(20)34-33-24-14-21(28)19(13-22(24)29)16-10-11-23-17(12-16)15-30-26(32-23)31-18-6-2-1-3-7-18;1-2/h4-5,8-15,18,33H,1-3,6-7H2,(H,30,31,32);2H2,1H3. The zero-order valence-electron chi connectivity index (χ0n) is 19.9. The number of rotatable bonds is 6. The van der Waals surface area contributed by atoms with E-state index in [0.717, 1.165) is 46.7 Å². The van der Waals surface area contributed by atoms with Gasteiger partial charge in [-0.1, -0.05) is 49.1 Å². The molecule has 4 aromatic rings. The molecule has 0 bridgehead atoms. The van der Waals surface area contributed by atoms with Crippen molar-refractivity contribution in [2.45, 2.75) is 43.0 Å². The van der Waals surface area contributed by atoms with Crippen LogP contribution in [0, 0.1) is 11.6 Å². The van der Waals surface area contributed by atoms with E-state index in [1.807, 2.05) is 18.2 Å². The first-order valence-corrected chi connectivity index (χ1v) is 13.0. The number of nitrogens with zero attached hydrogens (tertiary/aromatic N) is 2. The lowest BCUT2D eigenvalue weighted by Gasteiger charge is -2.22. The number of anilines is 2. The van der Waals surface area contributed by atoms with E-state index in [1.54, 1.807) is 30.5 Å². The van der Waals surface area contributed by atoms with Crippen molar-refractivity contribution in [3.63, 3.8) is 0 Å². The number of halogens is 3. The predicted molar refractivity (Wildman–Crippen MR) is 146 cm³/mol. The Morgan fingerprint density at radius 1 is 0.972 bits per heavy atom. The van der Waals surface area contributed by atoms with Crippen LogP contribution in [0.3, 0.4) is 0 Å². The van der Waals surface area contributed by atoms with Crippen molar-refractivity contribution >= 4 is 46.1 Å². The molecular formula is C27H28ClF2N5S. The minimum atomic E-state index is -0.556. The summed E-state index contributed by atoms with van der Waals surface area (Å²) in [5.74, 6) is -0.477. The van der Waals surface area contributed by atoms with Gasteiger partial charge in [0.25, 0.3) is 0 Å². The van der Waals surface area contributed by atoms with Crippen LogP contribution >= 0.6 is 23.5 Å². The summed E-state index contributed by atoms with van der Waals surface area (Å²) in [4.78, 5) is 9.76. The van der Waals surface area contributed by atoms with Crippen molar-refractivity contribution in [3.8, 4) is 11.1 Å². The molecule has 0 radical (unpaired) electrons. The third kappa shape index (κ3) is 6.24. The Balaban J connectivity index is 0.00000148. The van der Waals surface area contributed by atoms with Gasteiger partial charge >= 0.3 is 0 Å². The molecule has 5 nitrogen and oxygen atoms in total. The number of nitrogens with one attached hydrogen (secondary N) is 2. The molecule has 1 aromatic heterocycles. The molecule has 0 amide bonds. The van der Waals surface area contributed by atoms with Gasteiger partial charge < -0.3 is 15.8 Å². The van der Waals surface area contributed by atoms with Gasteiger partial charge in [0, 0.05) is 34.2 Å². The molecule has 188 valence electrons. The molecular weight excluding hydrogens is 500 g/mol. The Kier molecular flexibility index (Phi) is 8.96. The van der Waals surface area contributed by atoms with Crippen LogP contribution in [-0.2, 0) is 0 Å². The second kappa shape index (κ2) is 12.3. The highest BCUT2D eigenvalue weighted by Crippen LogP contribution is 2.33. The van der Waals surface area contributed by atoms with Crippen molar-refractivity contribution in [1.29, 1.82) is 0 Å². The molecule has 1 aliphatic carbocycles. The summed E-state index contributed by atoms with van der Waals surface area (Å²) in [7, 11) is 1.50. The van der Waals surface area contributed by atoms with E-state index in [1.165, 1.54) is 32.4 Å². The maximum Gasteiger partial charge on any atom is 0.223 e. The fourth-order valence-electron chi connectivity index (χ4n) is 4.18. The van der Waals surface area contributed by atoms with E-state index in [4.69, 9.17) is 11.6 Å². The number of hydrogen-bond acceptors (Lipinski definition) is 6. The molecule has 1 fully saturated rings. The highest BCUT2D eigenvalue weighted by molar-refractivity contribution is 8.00. The minimum Gasteiger partial charge on any atom is -0.351 e. The molecule has 0 aliphatic heterocycles. The number of fused-ring (bicyclic) bond motifs is 1. The molecule has 4 N–H and O–H groups in total. The Labute approximate surface area is 219 Å². The van der Waals surface area contributed by atoms with E-state index in [0.29, 0.717) is 22.6 Å². The number of nitrogens with two attached hydrogens (primary N) is 1. The lowest BCUT2D eigenvalue weighted by atomic mass is 9.96. The first kappa shape index (κ1) is 26.1. The fourth-order valence-corrected chi connectivity index (χ4v) is 5.12. The predicted octanol–water partition coefficient (Wildman–Crippen LogP) is 7.67. The summed E-state index contributed by atoms with van der Waals surface area (Å²) in [5.41, 5.74) is 6.05. The van der Waals surface area contributed by atoms with Crippen LogP contribution in [0.25, 0.3) is 22.0 Å². The van der Waals surface area contributed by atoms with Crippen molar-refractivity contribution in [3.05, 3.63) is 77.5 Å². The van der Waals surface area contributed by atoms with Gasteiger partial charge in [-0.15, -0.1) is 0 Å². The van der Waals surface area contributed by atoms with Crippen molar-refractivity contribution in [2.75, 3.05) is 17.1 Å². The molecule has 5 rings (SSSR count). The third-order valence-electron chi connectivity index (χ3n) is 5.99. The molecule has 0 spiro atoms. The van der Waals surface area contributed by atoms with E-state index in [-0.39, 0.29) is 11.3 Å². The van der Waals surface area contributed by atoms with Gasteiger partial charge in [-0.3, -0.25) is 0 Å². The molecule has 1 heterocycles. The highest BCUT2D eigenvalue weighted by Gasteiger charge is 2.16. The molecule has 0 unspecified atom stereocenters. The van der Waals surface area contributed by atoms with E-state index in [2.05, 4.69) is 25.7 Å². The van der Waals surface area contributed by atoms with Crippen LogP contribution in [0.1, 0.15) is 32.1 Å². The van der Waals surface area contributed by atoms with Gasteiger partial charge in [-0.2, -0.15) is 0 Å². The molecule has 1 aliphatic rings. The van der Waals surface area contributed by atoms with Crippen molar-refractivity contribution in [1.82, 2.24) is 9.97 Å². The number of benzene rings is 3. The first-order chi connectivity index (χ1) is 17.6. The molecule has 36 heavy (non-hydrogen) atoms. The van der Waals surface area contributed by atoms with Gasteiger partial charge in [-0.25, -0.2) is 18.7 Å². The monoisotopic (exact) mass is 527 g/mol. The van der Waals surface area contributed by atoms with Gasteiger partial charge in [-0.05, 0) is 67.7 Å². The lowest BCUT2D eigenvalue weighted by molar-refractivity contribution is 0.461. The summed E-state index contributed by atoms with van der Waals surface area (Å²) in [6.45, 7) is 0. The smallest absolute Gasteiger partial charge is 0.223 e. The maximum absolute atomic E-state index is 15.0. The SMILES string of the molecule is CN.Fc1cc(-c2ccc3nc(NC4CCCCC4)ncc3c2)c(F)cc1NSc1ccccc1Cl. The van der Waals surface area contributed by atoms with Crippen molar-refractivity contribution < 1.29 is 8.78 Å². The van der Waals surface area contributed by atoms with Gasteiger partial charge in [0.05, 0.1) is 16.2 Å². The lowest BCUT2D eigenvalue weighted by Crippen LogP contribution is -2.23. The summed E-state index contributed by atoms with van der Waals surface area (Å²) in [5, 5.41) is 4.72. The van der Waals surface area contributed by atoms with Crippen LogP contribution in [0.4, 0.5) is 20.4 Å². The summed E-state index contributed by atoms with van der Waals surface area (Å²) in [6.07, 6.45) is 7.72. The average molecular weight is 528 g/mol. The maximum atomic E-state index is 15.0. The zero-order chi connectivity index (χ0) is 25.5. The Morgan fingerprint density at radius 3 is 2.53 bits per heavy atom. The van der Waals surface area contributed by atoms with Gasteiger partial charge in [0.1, 0.15) is 11.6 Å². The summed E-state index contributed by atoms with van der Waals surface area (Å²) >= 11 is 7.26. The Morgan fingerprint density at radius 2 is 1.75 bits per heavy atom. The van der Waals surface area contributed by atoms with Crippen LogP contribution in [-0.4, -0.2) is 23.1 Å². The number of aromatic nitrogens is 2. The number of hydrogen-bond donors (Lipinski definition) is 3. The molecule has 1 saturated carbocycles. The minimum absolute atomic E-state index is 0.0497. The van der Waals surface area contributed by atoms with Crippen LogP contribution < -0.4 is 15.8 Å². The van der Waals surface area contributed by atoms with Crippen LogP contribution in [0.5, 0.6) is 0 Å². The zero-order valence-corrected chi connectivity index (χ0v) is 21.5. The van der Waals surface area contributed by atoms with Crippen LogP contribution in [0.15, 0.2) is 65.7 Å². The first-order valence-electron chi connectivity index (χ1n) is 11.8. The van der Waals surface area contributed by atoms with Crippen molar-refractivity contribution in [2.24, 2.45) is 5.73 Å². The van der Waals surface area contributed by atoms with E-state index in [9.17, 15) is 8.78 Å². The second-order valence-corrected chi connectivity index (χ2v) is 9.65. The average Bonchev–Trinajstić information content (AvgIpc) is 2.91. The summed E-state index contributed by atoms with van der Waals surface area (Å²) in [6, 6.07) is 15.3. The molecule has 0 atom stereocenters. The van der Waals surface area contributed by atoms with Crippen LogP contribution in [0.2, 0.25) is 5.02 Å². The Hall–Kier alpha value is -2.94. The topological polar surface area (TPSA) is 75.9 Å². The van der Waals surface area contributed by atoms with E-state index >= 15 is 0 Å². The Bertz CT molecular complexity index is 1330. The molecule has 3 aromatic carbocycles. The van der Waals surface area contributed by atoms with E-state index < -0.39 is 11.6 Å². The second-order valence-electron chi connectivity index (χ2n) is 8.39. The highest BCUT2D eigenvalue weighted by atomic mass is 35.5. The molecule has 0 saturated heterocycles. The normalized spacial score (nSPS) is 13.7. The molecule has 9 heteroatoms. The quantitative estimate of drug-likeness (QED) is 0.223. The fraction of sp³-hybridized carbons (Fsp3) is 0.259. The third-order valence-corrected chi connectivity index (χ3v) is 7.33. The van der Waals surface area contributed by atoms with Gasteiger partial charge in [0.2, 0.25) is 5.95 Å².